The van der Waals surface area contributed by atoms with Crippen molar-refractivity contribution in [1.82, 2.24) is 4.90 Å². The number of rotatable bonds is 7. The standard InChI is InChI=1S/C26H28F6N2O5S/c1-5-40-13-16-9-21-19(11-22(16)38-3)20(6-14(2)34(21)23(35)36)33(24(37)39-4)12-15-7-17(25(27,28)29)10-18(8-15)26(30,31)32/h7-11,14,20H,5-6,12-13H2,1-4H3,(H,35,36)/t14-,20+/m1/s1. The third kappa shape index (κ3) is 6.70. The van der Waals surface area contributed by atoms with Crippen LogP contribution in [-0.2, 0) is 29.4 Å². The molecule has 1 N–H and O–H groups in total. The Morgan fingerprint density at radius 2 is 1.65 bits per heavy atom. The van der Waals surface area contributed by atoms with Gasteiger partial charge >= 0.3 is 24.5 Å². The Morgan fingerprint density at radius 1 is 1.05 bits per heavy atom. The van der Waals surface area contributed by atoms with E-state index in [0.717, 1.165) is 22.7 Å². The van der Waals surface area contributed by atoms with E-state index in [1.165, 1.54) is 7.11 Å². The molecule has 0 bridgehead atoms. The highest BCUT2D eigenvalue weighted by atomic mass is 32.2. The van der Waals surface area contributed by atoms with Gasteiger partial charge in [0, 0.05) is 29.5 Å². The van der Waals surface area contributed by atoms with Gasteiger partial charge in [0.2, 0.25) is 0 Å². The summed E-state index contributed by atoms with van der Waals surface area (Å²) < 4.78 is 91.3. The van der Waals surface area contributed by atoms with Crippen molar-refractivity contribution in [3.8, 4) is 5.75 Å². The summed E-state index contributed by atoms with van der Waals surface area (Å²) in [7, 11) is 2.45. The Morgan fingerprint density at radius 3 is 2.12 bits per heavy atom. The smallest absolute Gasteiger partial charge is 0.416 e. The SMILES string of the molecule is CCSCc1cc2c(cc1OC)[C@@H](N(Cc1cc(C(F)(F)F)cc(C(F)(F)F)c1)C(=O)OC)C[C@@H](C)N2C(=O)O. The van der Waals surface area contributed by atoms with Crippen LogP contribution in [0.4, 0.5) is 41.6 Å². The maximum atomic E-state index is 13.5. The van der Waals surface area contributed by atoms with Crippen molar-refractivity contribution < 1.29 is 50.5 Å². The molecule has 2 aromatic rings. The fraction of sp³-hybridized carbons (Fsp3) is 0.462. The molecule has 0 aliphatic carbocycles. The van der Waals surface area contributed by atoms with Gasteiger partial charge in [0.25, 0.3) is 0 Å². The van der Waals surface area contributed by atoms with Crippen LogP contribution >= 0.6 is 11.8 Å². The Kier molecular flexibility index (Phi) is 9.42. The Balaban J connectivity index is 2.19. The maximum absolute atomic E-state index is 13.5. The largest absolute Gasteiger partial charge is 0.496 e. The second-order valence-corrected chi connectivity index (χ2v) is 10.4. The van der Waals surface area contributed by atoms with Crippen LogP contribution in [0.3, 0.4) is 0 Å². The number of ether oxygens (including phenoxy) is 2. The van der Waals surface area contributed by atoms with Crippen LogP contribution in [0, 0.1) is 0 Å². The zero-order valence-electron chi connectivity index (χ0n) is 22.0. The predicted octanol–water partition coefficient (Wildman–Crippen LogP) is 7.57. The number of fused-ring (bicyclic) bond motifs is 1. The monoisotopic (exact) mass is 594 g/mol. The summed E-state index contributed by atoms with van der Waals surface area (Å²) in [5.41, 5.74) is -2.24. The van der Waals surface area contributed by atoms with E-state index >= 15 is 0 Å². The van der Waals surface area contributed by atoms with Crippen LogP contribution in [0.1, 0.15) is 54.1 Å². The van der Waals surface area contributed by atoms with Crippen molar-refractivity contribution in [2.24, 2.45) is 0 Å². The number of anilines is 1. The molecule has 7 nitrogen and oxygen atoms in total. The zero-order chi connectivity index (χ0) is 30.0. The zero-order valence-corrected chi connectivity index (χ0v) is 22.8. The highest BCUT2D eigenvalue weighted by Crippen LogP contribution is 2.45. The summed E-state index contributed by atoms with van der Waals surface area (Å²) in [5, 5.41) is 9.95. The summed E-state index contributed by atoms with van der Waals surface area (Å²) in [6.07, 6.45) is -12.4. The Bertz CT molecular complexity index is 1220. The van der Waals surface area contributed by atoms with Gasteiger partial charge in [-0.15, -0.1) is 0 Å². The first-order valence-electron chi connectivity index (χ1n) is 12.1. The minimum absolute atomic E-state index is 0.00823. The number of thioether (sulfide) groups is 1. The number of hydrogen-bond acceptors (Lipinski definition) is 5. The first-order valence-corrected chi connectivity index (χ1v) is 13.2. The van der Waals surface area contributed by atoms with E-state index in [9.17, 15) is 41.0 Å². The number of methoxy groups -OCH3 is 2. The van der Waals surface area contributed by atoms with Crippen LogP contribution in [-0.4, -0.2) is 48.2 Å². The minimum Gasteiger partial charge on any atom is -0.496 e. The topological polar surface area (TPSA) is 79.3 Å². The number of benzene rings is 2. The van der Waals surface area contributed by atoms with E-state index < -0.39 is 59.9 Å². The molecule has 0 saturated heterocycles. The summed E-state index contributed by atoms with van der Waals surface area (Å²) in [6, 6.07) is 2.62. The van der Waals surface area contributed by atoms with Crippen LogP contribution in [0.15, 0.2) is 30.3 Å². The lowest BCUT2D eigenvalue weighted by molar-refractivity contribution is -0.143. The van der Waals surface area contributed by atoms with Crippen LogP contribution in [0.25, 0.3) is 0 Å². The average molecular weight is 595 g/mol. The minimum atomic E-state index is -5.07. The van der Waals surface area contributed by atoms with Crippen molar-refractivity contribution in [3.05, 3.63) is 58.1 Å². The molecule has 0 saturated carbocycles. The molecular weight excluding hydrogens is 566 g/mol. The van der Waals surface area contributed by atoms with E-state index in [1.807, 2.05) is 6.92 Å². The van der Waals surface area contributed by atoms with Gasteiger partial charge in [-0.2, -0.15) is 38.1 Å². The molecule has 14 heteroatoms. The lowest BCUT2D eigenvalue weighted by Gasteiger charge is -2.42. The molecule has 3 rings (SSSR count). The van der Waals surface area contributed by atoms with Crippen molar-refractivity contribution >= 4 is 29.6 Å². The highest BCUT2D eigenvalue weighted by Gasteiger charge is 2.41. The fourth-order valence-corrected chi connectivity index (χ4v) is 5.37. The van der Waals surface area contributed by atoms with Crippen molar-refractivity contribution in [3.63, 3.8) is 0 Å². The normalized spacial score (nSPS) is 17.3. The molecule has 0 fully saturated rings. The van der Waals surface area contributed by atoms with Crippen molar-refractivity contribution in [2.75, 3.05) is 24.9 Å². The number of carbonyl (C=O) groups excluding carboxylic acids is 1. The molecular formula is C26H28F6N2O5S. The highest BCUT2D eigenvalue weighted by molar-refractivity contribution is 7.98. The van der Waals surface area contributed by atoms with E-state index in [0.29, 0.717) is 34.8 Å². The molecule has 2 aromatic carbocycles. The summed E-state index contributed by atoms with van der Waals surface area (Å²) in [6.45, 7) is 2.87. The van der Waals surface area contributed by atoms with Crippen LogP contribution in [0.2, 0.25) is 0 Å². The third-order valence-corrected chi connectivity index (χ3v) is 7.43. The molecule has 2 atom stereocenters. The quantitative estimate of drug-likeness (QED) is 0.333. The first kappa shape index (κ1) is 31.2. The molecule has 1 aliphatic rings. The number of hydrogen-bond donors (Lipinski definition) is 1. The van der Waals surface area contributed by atoms with E-state index in [4.69, 9.17) is 9.47 Å². The lowest BCUT2D eigenvalue weighted by Crippen LogP contribution is -2.47. The predicted molar refractivity (Wildman–Crippen MR) is 137 cm³/mol. The Labute approximate surface area is 231 Å². The van der Waals surface area contributed by atoms with Gasteiger partial charge < -0.3 is 14.6 Å². The fourth-order valence-electron chi connectivity index (χ4n) is 4.72. The number of nitrogens with zero attached hydrogens (tertiary/aromatic N) is 2. The summed E-state index contributed by atoms with van der Waals surface area (Å²) in [5.74, 6) is 1.66. The number of carbonyl (C=O) groups is 2. The van der Waals surface area contributed by atoms with Crippen LogP contribution < -0.4 is 9.64 Å². The molecule has 2 amide bonds. The molecule has 220 valence electrons. The van der Waals surface area contributed by atoms with Gasteiger partial charge in [0.1, 0.15) is 5.75 Å². The molecule has 40 heavy (non-hydrogen) atoms. The first-order chi connectivity index (χ1) is 18.6. The van der Waals surface area contributed by atoms with Gasteiger partial charge in [-0.05, 0) is 55.0 Å². The molecule has 1 aliphatic heterocycles. The lowest BCUT2D eigenvalue weighted by atomic mass is 9.89. The maximum Gasteiger partial charge on any atom is 0.416 e. The number of halogens is 6. The van der Waals surface area contributed by atoms with Gasteiger partial charge in [0.05, 0.1) is 37.1 Å². The van der Waals surface area contributed by atoms with E-state index in [2.05, 4.69) is 0 Å². The van der Waals surface area contributed by atoms with Crippen molar-refractivity contribution in [1.29, 1.82) is 0 Å². The number of alkyl halides is 6. The van der Waals surface area contributed by atoms with E-state index in [-0.39, 0.29) is 18.2 Å². The van der Waals surface area contributed by atoms with Crippen LogP contribution in [0.5, 0.6) is 5.75 Å². The van der Waals surface area contributed by atoms with Gasteiger partial charge in [0.15, 0.2) is 0 Å². The number of carboxylic acid groups (broad SMARTS) is 1. The second-order valence-electron chi connectivity index (χ2n) is 9.13. The summed E-state index contributed by atoms with van der Waals surface area (Å²) >= 11 is 1.56. The average Bonchev–Trinajstić information content (AvgIpc) is 2.87. The molecule has 1 heterocycles. The molecule has 0 aromatic heterocycles. The third-order valence-electron chi connectivity index (χ3n) is 6.51. The van der Waals surface area contributed by atoms with E-state index in [1.54, 1.807) is 30.8 Å². The Hall–Kier alpha value is -3.29. The van der Waals surface area contributed by atoms with Gasteiger partial charge in [-0.3, -0.25) is 9.80 Å². The second kappa shape index (κ2) is 12.1. The van der Waals surface area contributed by atoms with Gasteiger partial charge in [-0.1, -0.05) is 6.92 Å². The molecule has 0 unspecified atom stereocenters. The summed E-state index contributed by atoms with van der Waals surface area (Å²) in [4.78, 5) is 27.3. The molecule has 0 radical (unpaired) electrons. The molecule has 0 spiro atoms. The number of amides is 2. The van der Waals surface area contributed by atoms with Crippen molar-refractivity contribution in [2.45, 2.75) is 57.0 Å². The van der Waals surface area contributed by atoms with Gasteiger partial charge in [-0.25, -0.2) is 9.59 Å².